The van der Waals surface area contributed by atoms with Gasteiger partial charge in [-0.2, -0.15) is 0 Å². The molecule has 0 spiro atoms. The Hall–Kier alpha value is -1.90. The molecular weight excluding hydrogens is 273 g/mol. The molecule has 0 radical (unpaired) electrons. The van der Waals surface area contributed by atoms with Crippen molar-refractivity contribution in [2.75, 3.05) is 6.61 Å². The van der Waals surface area contributed by atoms with Crippen LogP contribution in [-0.2, 0) is 4.74 Å². The van der Waals surface area contributed by atoms with Crippen LogP contribution in [0.1, 0.15) is 35.2 Å². The molecule has 1 aromatic rings. The van der Waals surface area contributed by atoms with Gasteiger partial charge in [-0.15, -0.1) is 0 Å². The summed E-state index contributed by atoms with van der Waals surface area (Å²) >= 11 is 0. The average molecular weight is 289 g/mol. The van der Waals surface area contributed by atoms with Gasteiger partial charge in [0, 0.05) is 5.56 Å². The van der Waals surface area contributed by atoms with E-state index in [9.17, 15) is 9.18 Å². The summed E-state index contributed by atoms with van der Waals surface area (Å²) in [5, 5.41) is 11.7. The molecule has 2 N–H and O–H groups in total. The number of nitrogens with one attached hydrogen (secondary N) is 1. The maximum atomic E-state index is 13.4. The van der Waals surface area contributed by atoms with Gasteiger partial charge in [-0.25, -0.2) is 4.39 Å². The molecule has 4 nitrogen and oxygen atoms in total. The minimum atomic E-state index is -0.487. The van der Waals surface area contributed by atoms with E-state index in [1.807, 2.05) is 0 Å². The van der Waals surface area contributed by atoms with Crippen LogP contribution < -0.4 is 5.32 Å². The molecule has 3 rings (SSSR count). The summed E-state index contributed by atoms with van der Waals surface area (Å²) in [5.74, 6) is 4.31. The van der Waals surface area contributed by atoms with Crippen LogP contribution in [0.15, 0.2) is 18.2 Å². The number of amides is 1. The topological polar surface area (TPSA) is 58.6 Å². The predicted molar refractivity (Wildman–Crippen MR) is 74.1 cm³/mol. The monoisotopic (exact) mass is 289 g/mol. The molecule has 0 aliphatic carbocycles. The van der Waals surface area contributed by atoms with Crippen molar-refractivity contribution in [1.29, 1.82) is 0 Å². The highest BCUT2D eigenvalue weighted by atomic mass is 19.1. The van der Waals surface area contributed by atoms with E-state index in [0.717, 1.165) is 19.3 Å². The predicted octanol–water partition coefficient (Wildman–Crippen LogP) is 1.22. The average Bonchev–Trinajstić information content (AvgIpc) is 3.08. The third-order valence-corrected chi connectivity index (χ3v) is 3.95. The number of aliphatic hydroxyl groups is 1. The number of rotatable bonds is 2. The van der Waals surface area contributed by atoms with Crippen molar-refractivity contribution < 1.29 is 19.0 Å². The largest absolute Gasteiger partial charge is 0.384 e. The highest BCUT2D eigenvalue weighted by Crippen LogP contribution is 2.34. The third-order valence-electron chi connectivity index (χ3n) is 3.95. The molecule has 3 unspecified atom stereocenters. The maximum Gasteiger partial charge on any atom is 0.252 e. The van der Waals surface area contributed by atoms with Gasteiger partial charge < -0.3 is 15.2 Å². The number of halogens is 1. The van der Waals surface area contributed by atoms with E-state index < -0.39 is 5.82 Å². The van der Waals surface area contributed by atoms with Gasteiger partial charge in [-0.3, -0.25) is 4.79 Å². The van der Waals surface area contributed by atoms with Crippen LogP contribution >= 0.6 is 0 Å². The molecule has 3 atom stereocenters. The van der Waals surface area contributed by atoms with Crippen molar-refractivity contribution >= 4 is 5.91 Å². The standard InChI is InChI=1S/C16H16FNO3/c17-11-4-3-10(2-1-7-19)13(8-11)16(20)18-14-9-12-5-6-15(14)21-12/h3-4,8,12,14-15,19H,5-7,9H2,(H,18,20). The lowest BCUT2D eigenvalue weighted by molar-refractivity contribution is 0.0840. The van der Waals surface area contributed by atoms with Crippen molar-refractivity contribution in [3.8, 4) is 11.8 Å². The number of carbonyl (C=O) groups excluding carboxylic acids is 1. The second kappa shape index (κ2) is 5.84. The fourth-order valence-electron chi connectivity index (χ4n) is 2.98. The van der Waals surface area contributed by atoms with Crippen LogP contribution in [0.3, 0.4) is 0 Å². The van der Waals surface area contributed by atoms with Crippen LogP contribution in [0, 0.1) is 17.7 Å². The van der Waals surface area contributed by atoms with E-state index in [-0.39, 0.29) is 36.3 Å². The van der Waals surface area contributed by atoms with E-state index in [4.69, 9.17) is 9.84 Å². The van der Waals surface area contributed by atoms with Gasteiger partial charge in [0.05, 0.1) is 23.8 Å². The van der Waals surface area contributed by atoms with Gasteiger partial charge in [0.1, 0.15) is 12.4 Å². The zero-order valence-electron chi connectivity index (χ0n) is 11.4. The Kier molecular flexibility index (Phi) is 3.91. The third kappa shape index (κ3) is 2.92. The minimum Gasteiger partial charge on any atom is -0.384 e. The van der Waals surface area contributed by atoms with Crippen LogP contribution in [0.4, 0.5) is 4.39 Å². The first kappa shape index (κ1) is 14.1. The van der Waals surface area contributed by atoms with Gasteiger partial charge >= 0.3 is 0 Å². The molecule has 0 aromatic heterocycles. The van der Waals surface area contributed by atoms with E-state index in [0.29, 0.717) is 5.56 Å². The summed E-state index contributed by atoms with van der Waals surface area (Å²) in [6.07, 6.45) is 3.12. The number of ether oxygens (including phenoxy) is 1. The van der Waals surface area contributed by atoms with Gasteiger partial charge in [0.25, 0.3) is 5.91 Å². The molecule has 2 fully saturated rings. The van der Waals surface area contributed by atoms with Gasteiger partial charge in [0.2, 0.25) is 0 Å². The Balaban J connectivity index is 1.78. The number of carbonyl (C=O) groups is 1. The van der Waals surface area contributed by atoms with Crippen LogP contribution in [0.5, 0.6) is 0 Å². The molecule has 2 saturated heterocycles. The lowest BCUT2D eigenvalue weighted by Crippen LogP contribution is -2.41. The first-order chi connectivity index (χ1) is 10.2. The SMILES string of the molecule is O=C(NC1CC2CCC1O2)c1cc(F)ccc1C#CCO. The molecule has 21 heavy (non-hydrogen) atoms. The first-order valence-corrected chi connectivity index (χ1v) is 7.03. The van der Waals surface area contributed by atoms with E-state index in [1.165, 1.54) is 18.2 Å². The Morgan fingerprint density at radius 3 is 3.00 bits per heavy atom. The summed E-state index contributed by atoms with van der Waals surface area (Å²) in [7, 11) is 0. The molecule has 2 aliphatic rings. The highest BCUT2D eigenvalue weighted by molar-refractivity contribution is 5.97. The summed E-state index contributed by atoms with van der Waals surface area (Å²) in [6, 6.07) is 3.85. The van der Waals surface area contributed by atoms with E-state index >= 15 is 0 Å². The summed E-state index contributed by atoms with van der Waals surface area (Å²) in [4.78, 5) is 12.3. The minimum absolute atomic E-state index is 0.0156. The summed E-state index contributed by atoms with van der Waals surface area (Å²) in [6.45, 7) is -0.307. The highest BCUT2D eigenvalue weighted by Gasteiger charge is 2.41. The Morgan fingerprint density at radius 1 is 1.48 bits per heavy atom. The van der Waals surface area contributed by atoms with Gasteiger partial charge in [-0.05, 0) is 37.5 Å². The first-order valence-electron chi connectivity index (χ1n) is 7.03. The molecule has 2 heterocycles. The van der Waals surface area contributed by atoms with Crippen LogP contribution in [0.25, 0.3) is 0 Å². The number of hydrogen-bond donors (Lipinski definition) is 2. The number of benzene rings is 1. The second-order valence-corrected chi connectivity index (χ2v) is 5.34. The molecule has 5 heteroatoms. The Labute approximate surface area is 122 Å². The quantitative estimate of drug-likeness (QED) is 0.805. The Bertz CT molecular complexity index is 620. The number of hydrogen-bond acceptors (Lipinski definition) is 3. The fraction of sp³-hybridized carbons (Fsp3) is 0.438. The molecule has 0 saturated carbocycles. The van der Waals surface area contributed by atoms with Gasteiger partial charge in [0.15, 0.2) is 0 Å². The lowest BCUT2D eigenvalue weighted by atomic mass is 9.95. The molecule has 2 aliphatic heterocycles. The smallest absolute Gasteiger partial charge is 0.252 e. The maximum absolute atomic E-state index is 13.4. The van der Waals surface area contributed by atoms with Gasteiger partial charge in [-0.1, -0.05) is 11.8 Å². The van der Waals surface area contributed by atoms with Crippen molar-refractivity contribution in [2.45, 2.75) is 37.5 Å². The molecule has 110 valence electrons. The van der Waals surface area contributed by atoms with E-state index in [2.05, 4.69) is 17.2 Å². The van der Waals surface area contributed by atoms with Crippen LogP contribution in [-0.4, -0.2) is 35.9 Å². The number of fused-ring (bicyclic) bond motifs is 2. The summed E-state index contributed by atoms with van der Waals surface area (Å²) < 4.78 is 19.1. The Morgan fingerprint density at radius 2 is 2.33 bits per heavy atom. The van der Waals surface area contributed by atoms with Crippen molar-refractivity contribution in [1.82, 2.24) is 5.32 Å². The van der Waals surface area contributed by atoms with Crippen molar-refractivity contribution in [2.24, 2.45) is 0 Å². The molecule has 1 aromatic carbocycles. The van der Waals surface area contributed by atoms with Crippen molar-refractivity contribution in [3.05, 3.63) is 35.1 Å². The zero-order chi connectivity index (χ0) is 14.8. The zero-order valence-corrected chi connectivity index (χ0v) is 11.4. The summed E-state index contributed by atoms with van der Waals surface area (Å²) in [5.41, 5.74) is 0.603. The molecule has 1 amide bonds. The van der Waals surface area contributed by atoms with Crippen LogP contribution in [0.2, 0.25) is 0 Å². The van der Waals surface area contributed by atoms with Crippen molar-refractivity contribution in [3.63, 3.8) is 0 Å². The number of aliphatic hydroxyl groups excluding tert-OH is 1. The van der Waals surface area contributed by atoms with E-state index in [1.54, 1.807) is 0 Å². The normalized spacial score (nSPS) is 26.3. The lowest BCUT2D eigenvalue weighted by Gasteiger charge is -2.20. The molecular formula is C16H16FNO3. The molecule has 2 bridgehead atoms. The fourth-order valence-corrected chi connectivity index (χ4v) is 2.98. The second-order valence-electron chi connectivity index (χ2n) is 5.34.